The number of anilines is 3. The molecule has 2 aliphatic heterocycles. The molecule has 0 bridgehead atoms. The van der Waals surface area contributed by atoms with Crippen molar-refractivity contribution in [3.63, 3.8) is 0 Å². The number of hydrogen-bond acceptors (Lipinski definition) is 7. The van der Waals surface area contributed by atoms with Gasteiger partial charge >= 0.3 is 12.1 Å². The van der Waals surface area contributed by atoms with Crippen LogP contribution in [0, 0.1) is 11.7 Å². The predicted octanol–water partition coefficient (Wildman–Crippen LogP) is 4.51. The zero-order valence-electron chi connectivity index (χ0n) is 25.2. The van der Waals surface area contributed by atoms with Crippen LogP contribution in [0.1, 0.15) is 19.4 Å². The topological polar surface area (TPSA) is 142 Å². The maximum Gasteiger partial charge on any atom is 0.323 e. The van der Waals surface area contributed by atoms with E-state index in [2.05, 4.69) is 16.0 Å². The van der Waals surface area contributed by atoms with Crippen LogP contribution in [0.4, 0.5) is 31.0 Å². The number of aliphatic hydroxyl groups excluding tert-OH is 1. The number of hydrogen-bond donors (Lipinski definition) is 4. The van der Waals surface area contributed by atoms with Gasteiger partial charge in [-0.1, -0.05) is 6.92 Å². The number of ether oxygens (including phenoxy) is 3. The van der Waals surface area contributed by atoms with Gasteiger partial charge in [0.05, 0.1) is 25.6 Å². The van der Waals surface area contributed by atoms with Crippen molar-refractivity contribution in [3.05, 3.63) is 72.0 Å². The van der Waals surface area contributed by atoms with Gasteiger partial charge in [0.2, 0.25) is 12.7 Å². The van der Waals surface area contributed by atoms with Gasteiger partial charge < -0.3 is 45.1 Å². The van der Waals surface area contributed by atoms with E-state index in [4.69, 9.17) is 14.2 Å². The second-order valence-electron chi connectivity index (χ2n) is 11.2. The van der Waals surface area contributed by atoms with E-state index in [1.54, 1.807) is 55.3 Å². The van der Waals surface area contributed by atoms with Gasteiger partial charge in [0, 0.05) is 48.2 Å². The zero-order valence-corrected chi connectivity index (χ0v) is 25.2. The predicted molar refractivity (Wildman–Crippen MR) is 165 cm³/mol. The summed E-state index contributed by atoms with van der Waals surface area (Å²) in [7, 11) is 1.65. The largest absolute Gasteiger partial charge is 0.488 e. The first-order chi connectivity index (χ1) is 21.6. The summed E-state index contributed by atoms with van der Waals surface area (Å²) in [4.78, 5) is 42.4. The van der Waals surface area contributed by atoms with Gasteiger partial charge in [0.1, 0.15) is 17.7 Å². The third-order valence-electron chi connectivity index (χ3n) is 7.70. The molecule has 5 amide bonds. The van der Waals surface area contributed by atoms with Gasteiger partial charge in [0.15, 0.2) is 11.5 Å². The Hall–Kier alpha value is -5.04. The molecule has 5 rings (SSSR count). The summed E-state index contributed by atoms with van der Waals surface area (Å²) in [5, 5.41) is 18.1. The van der Waals surface area contributed by atoms with Gasteiger partial charge in [-0.15, -0.1) is 0 Å². The first-order valence-corrected chi connectivity index (χ1v) is 14.5. The van der Waals surface area contributed by atoms with E-state index in [1.807, 2.05) is 6.92 Å². The normalized spacial score (nSPS) is 18.0. The average Bonchev–Trinajstić information content (AvgIpc) is 3.50. The van der Waals surface area contributed by atoms with Gasteiger partial charge in [-0.25, -0.2) is 14.0 Å². The molecular weight excluding hydrogens is 585 g/mol. The number of fused-ring (bicyclic) bond motifs is 2. The second kappa shape index (κ2) is 13.7. The van der Waals surface area contributed by atoms with Crippen LogP contribution < -0.4 is 30.2 Å². The molecule has 45 heavy (non-hydrogen) atoms. The molecule has 0 saturated carbocycles. The Morgan fingerprint density at radius 2 is 1.62 bits per heavy atom. The molecule has 0 unspecified atom stereocenters. The summed E-state index contributed by atoms with van der Waals surface area (Å²) >= 11 is 0. The Morgan fingerprint density at radius 1 is 0.978 bits per heavy atom. The first-order valence-electron chi connectivity index (χ1n) is 14.5. The molecule has 3 atom stereocenters. The SMILES string of the molecule is C[C@@H]1CN([C@H](C)CO)C(=O)Cc2cc(NC(=O)Nc3ccc(F)cc3)ccc2O[C@@H]1CN(C)C(=O)Nc1ccc2c(c1)OCO2. The van der Waals surface area contributed by atoms with Gasteiger partial charge in [-0.3, -0.25) is 4.79 Å². The molecule has 2 aliphatic rings. The number of carbonyl (C=O) groups excluding carboxylic acids is 3. The van der Waals surface area contributed by atoms with Crippen molar-refractivity contribution in [2.75, 3.05) is 49.5 Å². The molecule has 238 valence electrons. The van der Waals surface area contributed by atoms with Crippen molar-refractivity contribution in [1.82, 2.24) is 9.80 Å². The zero-order chi connectivity index (χ0) is 32.1. The molecule has 0 radical (unpaired) electrons. The highest BCUT2D eigenvalue weighted by atomic mass is 19.1. The highest BCUT2D eigenvalue weighted by Crippen LogP contribution is 2.34. The third kappa shape index (κ3) is 7.73. The summed E-state index contributed by atoms with van der Waals surface area (Å²) in [5.41, 5.74) is 1.89. The minimum absolute atomic E-state index is 0.0331. The lowest BCUT2D eigenvalue weighted by molar-refractivity contribution is -0.134. The Labute approximate surface area is 260 Å². The number of nitrogens with zero attached hydrogens (tertiary/aromatic N) is 2. The molecule has 0 aromatic heterocycles. The van der Waals surface area contributed by atoms with Crippen LogP contribution in [-0.4, -0.2) is 78.6 Å². The lowest BCUT2D eigenvalue weighted by Crippen LogP contribution is -2.48. The van der Waals surface area contributed by atoms with Gasteiger partial charge in [-0.2, -0.15) is 0 Å². The summed E-state index contributed by atoms with van der Waals surface area (Å²) in [6.07, 6.45) is -0.564. The summed E-state index contributed by atoms with van der Waals surface area (Å²) < 4.78 is 30.4. The van der Waals surface area contributed by atoms with E-state index in [1.165, 1.54) is 29.2 Å². The maximum atomic E-state index is 13.5. The first kappa shape index (κ1) is 31.4. The molecule has 13 heteroatoms. The van der Waals surface area contributed by atoms with Gasteiger partial charge in [-0.05, 0) is 61.5 Å². The quantitative estimate of drug-likeness (QED) is 0.304. The van der Waals surface area contributed by atoms with E-state index < -0.39 is 24.0 Å². The molecule has 0 aliphatic carbocycles. The van der Waals surface area contributed by atoms with Gasteiger partial charge in [0.25, 0.3) is 0 Å². The van der Waals surface area contributed by atoms with E-state index in [9.17, 15) is 23.9 Å². The molecule has 2 heterocycles. The lowest BCUT2D eigenvalue weighted by Gasteiger charge is -2.34. The summed E-state index contributed by atoms with van der Waals surface area (Å²) in [6, 6.07) is 14.1. The standard InChI is InChI=1S/C32H36FN5O7/c1-19-15-38(20(2)17-39)30(40)13-21-12-24(35-31(41)34-23-6-4-22(33)5-7-23)8-10-26(21)45-29(19)16-37(3)32(42)36-25-9-11-27-28(14-25)44-18-43-27/h4-12,14,19-20,29,39H,13,15-18H2,1-3H3,(H,36,42)(H2,34,35,41)/t19-,20-,29-/m1/s1. The minimum atomic E-state index is -0.547. The molecule has 4 N–H and O–H groups in total. The van der Waals surface area contributed by atoms with Crippen LogP contribution in [-0.2, 0) is 11.2 Å². The molecule has 0 spiro atoms. The Balaban J connectivity index is 1.33. The van der Waals surface area contributed by atoms with Crippen LogP contribution in [0.5, 0.6) is 17.2 Å². The summed E-state index contributed by atoms with van der Waals surface area (Å²) in [6.45, 7) is 4.08. The number of likely N-dealkylation sites (N-methyl/N-ethyl adjacent to an activating group) is 1. The number of carbonyl (C=O) groups is 3. The third-order valence-corrected chi connectivity index (χ3v) is 7.70. The van der Waals surface area contributed by atoms with E-state index in [0.29, 0.717) is 46.4 Å². The maximum absolute atomic E-state index is 13.5. The fourth-order valence-corrected chi connectivity index (χ4v) is 5.10. The molecule has 12 nitrogen and oxygen atoms in total. The Kier molecular flexibility index (Phi) is 9.57. The van der Waals surface area contributed by atoms with Crippen molar-refractivity contribution in [1.29, 1.82) is 0 Å². The number of aliphatic hydroxyl groups is 1. The number of nitrogens with one attached hydrogen (secondary N) is 3. The number of rotatable bonds is 7. The van der Waals surface area contributed by atoms with Crippen molar-refractivity contribution in [2.45, 2.75) is 32.4 Å². The van der Waals surface area contributed by atoms with Crippen molar-refractivity contribution >= 4 is 35.0 Å². The number of amides is 5. The smallest absolute Gasteiger partial charge is 0.323 e. The second-order valence-corrected chi connectivity index (χ2v) is 11.2. The van der Waals surface area contributed by atoms with Crippen LogP contribution in [0.25, 0.3) is 0 Å². The fraction of sp³-hybridized carbons (Fsp3) is 0.344. The highest BCUT2D eigenvalue weighted by molar-refractivity contribution is 6.00. The number of urea groups is 2. The Bertz CT molecular complexity index is 1550. The van der Waals surface area contributed by atoms with Crippen LogP contribution in [0.15, 0.2) is 60.7 Å². The van der Waals surface area contributed by atoms with E-state index >= 15 is 0 Å². The van der Waals surface area contributed by atoms with Crippen LogP contribution >= 0.6 is 0 Å². The molecule has 3 aromatic carbocycles. The van der Waals surface area contributed by atoms with Crippen LogP contribution in [0.2, 0.25) is 0 Å². The fourth-order valence-electron chi connectivity index (χ4n) is 5.10. The molecular formula is C32H36FN5O7. The van der Waals surface area contributed by atoms with Crippen molar-refractivity contribution in [2.24, 2.45) is 5.92 Å². The summed E-state index contributed by atoms with van der Waals surface area (Å²) in [5.74, 6) is 0.732. The number of benzene rings is 3. The van der Waals surface area contributed by atoms with Crippen LogP contribution in [0.3, 0.4) is 0 Å². The average molecular weight is 622 g/mol. The highest BCUT2D eigenvalue weighted by Gasteiger charge is 2.32. The molecule has 0 fully saturated rings. The molecule has 3 aromatic rings. The van der Waals surface area contributed by atoms with E-state index in [0.717, 1.165) is 0 Å². The van der Waals surface area contributed by atoms with E-state index in [-0.39, 0.29) is 44.2 Å². The monoisotopic (exact) mass is 621 g/mol. The molecule has 0 saturated heterocycles. The minimum Gasteiger partial charge on any atom is -0.488 e. The Morgan fingerprint density at radius 3 is 2.36 bits per heavy atom. The lowest BCUT2D eigenvalue weighted by atomic mass is 10.0. The number of halogens is 1. The van der Waals surface area contributed by atoms with Crippen molar-refractivity contribution < 1.29 is 38.1 Å². The van der Waals surface area contributed by atoms with Crippen molar-refractivity contribution in [3.8, 4) is 17.2 Å².